The predicted molar refractivity (Wildman–Crippen MR) is 88.7 cm³/mol. The average molecular weight is 348 g/mol. The maximum Gasteiger partial charge on any atom is 0.148 e. The van der Waals surface area contributed by atoms with Crippen LogP contribution < -0.4 is 16.6 Å². The van der Waals surface area contributed by atoms with Crippen LogP contribution in [0.3, 0.4) is 0 Å². The van der Waals surface area contributed by atoms with Gasteiger partial charge in [-0.25, -0.2) is 15.8 Å². The first-order valence-electron chi connectivity index (χ1n) is 6.97. The normalized spacial score (nSPS) is 14.1. The smallest absolute Gasteiger partial charge is 0.148 e. The molecule has 1 aromatic heterocycles. The summed E-state index contributed by atoms with van der Waals surface area (Å²) in [5.74, 6) is 8.38. The summed E-state index contributed by atoms with van der Waals surface area (Å²) in [5.41, 5.74) is 5.76. The highest BCUT2D eigenvalue weighted by atomic mass is 79.9. The molecule has 5 nitrogen and oxygen atoms in total. The van der Waals surface area contributed by atoms with Crippen molar-refractivity contribution in [2.24, 2.45) is 5.84 Å². The van der Waals surface area contributed by atoms with Gasteiger partial charge in [-0.1, -0.05) is 6.07 Å². The molecule has 4 N–H and O–H groups in total. The summed E-state index contributed by atoms with van der Waals surface area (Å²) in [6, 6.07) is 6.17. The largest absolute Gasteiger partial charge is 0.339 e. The zero-order valence-corrected chi connectivity index (χ0v) is 13.7. The van der Waals surface area contributed by atoms with Crippen LogP contribution in [0, 0.1) is 13.8 Å². The maximum atomic E-state index is 5.57. The van der Waals surface area contributed by atoms with Gasteiger partial charge in [-0.2, -0.15) is 0 Å². The van der Waals surface area contributed by atoms with E-state index in [0.717, 1.165) is 40.2 Å². The molecule has 1 saturated carbocycles. The number of hydrogen-bond acceptors (Lipinski definition) is 5. The lowest BCUT2D eigenvalue weighted by atomic mass is 10.2. The van der Waals surface area contributed by atoms with Gasteiger partial charge in [0.15, 0.2) is 0 Å². The number of aryl methyl sites for hydroxylation is 1. The van der Waals surface area contributed by atoms with E-state index in [1.807, 2.05) is 13.0 Å². The third kappa shape index (κ3) is 3.01. The van der Waals surface area contributed by atoms with Crippen molar-refractivity contribution in [3.63, 3.8) is 0 Å². The minimum absolute atomic E-state index is 0.472. The van der Waals surface area contributed by atoms with Gasteiger partial charge in [-0.05, 0) is 60.3 Å². The Kier molecular flexibility index (Phi) is 3.82. The van der Waals surface area contributed by atoms with Crippen molar-refractivity contribution >= 4 is 33.3 Å². The molecular weight excluding hydrogens is 330 g/mol. The van der Waals surface area contributed by atoms with Crippen molar-refractivity contribution < 1.29 is 0 Å². The molecule has 110 valence electrons. The summed E-state index contributed by atoms with van der Waals surface area (Å²) < 4.78 is 1.01. The minimum atomic E-state index is 0.472. The molecule has 0 radical (unpaired) electrons. The SMILES string of the molecule is Cc1ccc(Nc2nc(C3CC3)nc(NN)c2C)c(Br)c1. The van der Waals surface area contributed by atoms with Crippen LogP contribution in [0.1, 0.15) is 35.7 Å². The van der Waals surface area contributed by atoms with Gasteiger partial charge in [0.1, 0.15) is 17.5 Å². The van der Waals surface area contributed by atoms with Crippen LogP contribution in [0.2, 0.25) is 0 Å². The molecule has 0 spiro atoms. The monoisotopic (exact) mass is 347 g/mol. The zero-order chi connectivity index (χ0) is 15.0. The summed E-state index contributed by atoms with van der Waals surface area (Å²) in [4.78, 5) is 9.16. The second kappa shape index (κ2) is 5.61. The number of hydrazine groups is 1. The van der Waals surface area contributed by atoms with Crippen molar-refractivity contribution in [3.8, 4) is 0 Å². The van der Waals surface area contributed by atoms with Crippen LogP contribution in [0.5, 0.6) is 0 Å². The molecule has 0 aliphatic heterocycles. The van der Waals surface area contributed by atoms with Gasteiger partial charge in [-0.3, -0.25) is 0 Å². The lowest BCUT2D eigenvalue weighted by Crippen LogP contribution is -2.14. The third-order valence-electron chi connectivity index (χ3n) is 3.62. The number of hydrogen-bond donors (Lipinski definition) is 3. The van der Waals surface area contributed by atoms with E-state index in [9.17, 15) is 0 Å². The third-order valence-corrected chi connectivity index (χ3v) is 4.28. The molecular formula is C15H18BrN5. The first-order valence-corrected chi connectivity index (χ1v) is 7.76. The minimum Gasteiger partial charge on any atom is -0.339 e. The Labute approximate surface area is 132 Å². The molecule has 1 aliphatic carbocycles. The van der Waals surface area contributed by atoms with Crippen molar-refractivity contribution in [2.45, 2.75) is 32.6 Å². The number of halogens is 1. The first-order chi connectivity index (χ1) is 10.1. The van der Waals surface area contributed by atoms with E-state index in [0.29, 0.717) is 11.7 Å². The summed E-state index contributed by atoms with van der Waals surface area (Å²) >= 11 is 3.58. The molecule has 0 saturated heterocycles. The zero-order valence-electron chi connectivity index (χ0n) is 12.1. The van der Waals surface area contributed by atoms with Crippen LogP contribution in [-0.4, -0.2) is 9.97 Å². The van der Waals surface area contributed by atoms with Crippen LogP contribution in [0.15, 0.2) is 22.7 Å². The summed E-state index contributed by atoms with van der Waals surface area (Å²) in [6.07, 6.45) is 2.31. The van der Waals surface area contributed by atoms with Crippen molar-refractivity contribution in [1.29, 1.82) is 0 Å². The second-order valence-electron chi connectivity index (χ2n) is 5.43. The fourth-order valence-corrected chi connectivity index (χ4v) is 2.76. The number of nitrogens with two attached hydrogens (primary N) is 1. The highest BCUT2D eigenvalue weighted by Crippen LogP contribution is 2.40. The Hall–Kier alpha value is -1.66. The lowest BCUT2D eigenvalue weighted by Gasteiger charge is -2.14. The number of aromatic nitrogens is 2. The summed E-state index contributed by atoms with van der Waals surface area (Å²) in [5, 5.41) is 3.37. The van der Waals surface area contributed by atoms with Gasteiger partial charge in [0, 0.05) is 16.0 Å². The molecule has 1 aliphatic rings. The van der Waals surface area contributed by atoms with Crippen molar-refractivity contribution in [1.82, 2.24) is 9.97 Å². The molecule has 0 amide bonds. The summed E-state index contributed by atoms with van der Waals surface area (Å²) in [6.45, 7) is 4.02. The van der Waals surface area contributed by atoms with E-state index in [2.05, 4.69) is 55.7 Å². The van der Waals surface area contributed by atoms with Crippen LogP contribution in [-0.2, 0) is 0 Å². The van der Waals surface area contributed by atoms with E-state index < -0.39 is 0 Å². The van der Waals surface area contributed by atoms with Crippen LogP contribution in [0.4, 0.5) is 17.3 Å². The molecule has 0 atom stereocenters. The van der Waals surface area contributed by atoms with Gasteiger partial charge < -0.3 is 10.7 Å². The second-order valence-corrected chi connectivity index (χ2v) is 6.29. The Bertz CT molecular complexity index is 682. The van der Waals surface area contributed by atoms with E-state index in [-0.39, 0.29) is 0 Å². The molecule has 1 aromatic carbocycles. The van der Waals surface area contributed by atoms with Crippen molar-refractivity contribution in [3.05, 3.63) is 39.6 Å². The molecule has 1 heterocycles. The van der Waals surface area contributed by atoms with Crippen molar-refractivity contribution in [2.75, 3.05) is 10.7 Å². The van der Waals surface area contributed by atoms with Gasteiger partial charge in [0.05, 0.1) is 5.69 Å². The number of rotatable bonds is 4. The average Bonchev–Trinajstić information content (AvgIpc) is 3.28. The molecule has 0 bridgehead atoms. The molecule has 21 heavy (non-hydrogen) atoms. The van der Waals surface area contributed by atoms with Gasteiger partial charge in [0.25, 0.3) is 0 Å². The number of benzene rings is 1. The van der Waals surface area contributed by atoms with E-state index in [4.69, 9.17) is 5.84 Å². The molecule has 3 rings (SSSR count). The van der Waals surface area contributed by atoms with E-state index in [1.54, 1.807) is 0 Å². The Morgan fingerprint density at radius 3 is 2.52 bits per heavy atom. The number of nitrogens with zero attached hydrogens (tertiary/aromatic N) is 2. The van der Waals surface area contributed by atoms with E-state index >= 15 is 0 Å². The fourth-order valence-electron chi connectivity index (χ4n) is 2.17. The number of anilines is 3. The Morgan fingerprint density at radius 1 is 1.19 bits per heavy atom. The van der Waals surface area contributed by atoms with E-state index in [1.165, 1.54) is 5.56 Å². The summed E-state index contributed by atoms with van der Waals surface area (Å²) in [7, 11) is 0. The van der Waals surface area contributed by atoms with Crippen LogP contribution >= 0.6 is 15.9 Å². The Balaban J connectivity index is 1.98. The Morgan fingerprint density at radius 2 is 1.90 bits per heavy atom. The van der Waals surface area contributed by atoms with Gasteiger partial charge >= 0.3 is 0 Å². The standard InChI is InChI=1S/C15H18BrN5/c1-8-3-6-12(11(16)7-8)18-13-9(2)14(21-17)20-15(19-13)10-4-5-10/h3,6-7,10H,4-5,17H2,1-2H3,(H2,18,19,20,21). The van der Waals surface area contributed by atoms with Gasteiger partial charge in [0.2, 0.25) is 0 Å². The molecule has 2 aromatic rings. The topological polar surface area (TPSA) is 75.9 Å². The predicted octanol–water partition coefficient (Wildman–Crippen LogP) is 3.76. The first kappa shape index (κ1) is 14.3. The highest BCUT2D eigenvalue weighted by Gasteiger charge is 2.28. The maximum absolute atomic E-state index is 5.57. The number of nitrogens with one attached hydrogen (secondary N) is 2. The fraction of sp³-hybridized carbons (Fsp3) is 0.333. The lowest BCUT2D eigenvalue weighted by molar-refractivity contribution is 0.920. The quantitative estimate of drug-likeness (QED) is 0.579. The number of nitrogen functional groups attached to an aromatic ring is 1. The molecule has 1 fully saturated rings. The molecule has 0 unspecified atom stereocenters. The van der Waals surface area contributed by atoms with Crippen LogP contribution in [0.25, 0.3) is 0 Å². The highest BCUT2D eigenvalue weighted by molar-refractivity contribution is 9.10. The van der Waals surface area contributed by atoms with Gasteiger partial charge in [-0.15, -0.1) is 0 Å². The molecule has 6 heteroatoms.